The summed E-state index contributed by atoms with van der Waals surface area (Å²) in [5.74, 6) is 0.772. The van der Waals surface area contributed by atoms with Gasteiger partial charge in [0.2, 0.25) is 0 Å². The molecule has 0 aromatic heterocycles. The second-order valence-electron chi connectivity index (χ2n) is 3.95. The van der Waals surface area contributed by atoms with E-state index in [4.69, 9.17) is 5.73 Å². The van der Waals surface area contributed by atoms with Gasteiger partial charge in [-0.25, -0.2) is 0 Å². The Balaban J connectivity index is 3.69. The quantitative estimate of drug-likeness (QED) is 0.634. The molecule has 2 heteroatoms. The lowest BCUT2D eigenvalue weighted by molar-refractivity contribution is 0.335. The van der Waals surface area contributed by atoms with Crippen LogP contribution in [-0.2, 0) is 0 Å². The lowest BCUT2D eigenvalue weighted by Crippen LogP contribution is -2.46. The highest BCUT2D eigenvalue weighted by Gasteiger charge is 2.19. The van der Waals surface area contributed by atoms with Crippen LogP contribution in [-0.4, -0.2) is 19.1 Å². The first kappa shape index (κ1) is 10.9. The zero-order chi connectivity index (χ0) is 8.91. The van der Waals surface area contributed by atoms with E-state index in [2.05, 4.69) is 26.1 Å². The molecule has 0 aliphatic carbocycles. The van der Waals surface area contributed by atoms with Crippen molar-refractivity contribution in [1.82, 2.24) is 5.32 Å². The van der Waals surface area contributed by atoms with Crippen molar-refractivity contribution in [3.8, 4) is 0 Å². The van der Waals surface area contributed by atoms with Crippen LogP contribution in [0.1, 0.15) is 33.6 Å². The predicted molar refractivity (Wildman–Crippen MR) is 50.6 cm³/mol. The third-order valence-electron chi connectivity index (χ3n) is 2.33. The summed E-state index contributed by atoms with van der Waals surface area (Å²) in [5, 5.41) is 3.26. The first-order valence-electron chi connectivity index (χ1n) is 4.43. The summed E-state index contributed by atoms with van der Waals surface area (Å²) in [6.07, 6.45) is 2.41. The Kier molecular flexibility index (Phi) is 4.69. The van der Waals surface area contributed by atoms with Crippen LogP contribution in [0.15, 0.2) is 0 Å². The second kappa shape index (κ2) is 4.73. The molecule has 0 aromatic rings. The fraction of sp³-hybridized carbons (Fsp3) is 1.00. The summed E-state index contributed by atoms with van der Waals surface area (Å²) in [4.78, 5) is 0. The molecule has 11 heavy (non-hydrogen) atoms. The predicted octanol–water partition coefficient (Wildman–Crippen LogP) is 1.36. The second-order valence-corrected chi connectivity index (χ2v) is 3.95. The fourth-order valence-electron chi connectivity index (χ4n) is 0.936. The molecule has 0 saturated carbocycles. The van der Waals surface area contributed by atoms with E-state index in [9.17, 15) is 0 Å². The summed E-state index contributed by atoms with van der Waals surface area (Å²) >= 11 is 0. The van der Waals surface area contributed by atoms with Gasteiger partial charge in [-0.2, -0.15) is 0 Å². The van der Waals surface area contributed by atoms with E-state index in [0.717, 1.165) is 18.9 Å². The summed E-state index contributed by atoms with van der Waals surface area (Å²) in [7, 11) is 1.98. The molecule has 0 heterocycles. The van der Waals surface area contributed by atoms with Crippen LogP contribution in [0, 0.1) is 5.92 Å². The monoisotopic (exact) mass is 158 g/mol. The van der Waals surface area contributed by atoms with E-state index in [1.807, 2.05) is 7.05 Å². The molecule has 1 atom stereocenters. The van der Waals surface area contributed by atoms with Crippen LogP contribution < -0.4 is 11.1 Å². The van der Waals surface area contributed by atoms with E-state index < -0.39 is 0 Å². The van der Waals surface area contributed by atoms with Crippen molar-refractivity contribution in [2.75, 3.05) is 13.6 Å². The van der Waals surface area contributed by atoms with Crippen molar-refractivity contribution < 1.29 is 0 Å². The van der Waals surface area contributed by atoms with Gasteiger partial charge < -0.3 is 11.1 Å². The Bertz CT molecular complexity index is 95.7. The van der Waals surface area contributed by atoms with Crippen molar-refractivity contribution in [2.45, 2.75) is 39.2 Å². The summed E-state index contributed by atoms with van der Waals surface area (Å²) in [6, 6.07) is 0. The van der Waals surface area contributed by atoms with Gasteiger partial charge in [0.25, 0.3) is 0 Å². The molecule has 0 spiro atoms. The highest BCUT2D eigenvalue weighted by atomic mass is 15.0. The van der Waals surface area contributed by atoms with Gasteiger partial charge in [0.05, 0.1) is 0 Å². The Hall–Kier alpha value is -0.0800. The Morgan fingerprint density at radius 1 is 1.45 bits per heavy atom. The molecule has 2 nitrogen and oxygen atoms in total. The molecule has 0 radical (unpaired) electrons. The maximum atomic E-state index is 5.64. The van der Waals surface area contributed by atoms with Crippen molar-refractivity contribution >= 4 is 0 Å². The van der Waals surface area contributed by atoms with E-state index in [1.165, 1.54) is 6.42 Å². The molecule has 68 valence electrons. The highest BCUT2D eigenvalue weighted by Crippen LogP contribution is 2.14. The topological polar surface area (TPSA) is 38.0 Å². The van der Waals surface area contributed by atoms with Crippen LogP contribution in [0.2, 0.25) is 0 Å². The third kappa shape index (κ3) is 4.38. The lowest BCUT2D eigenvalue weighted by Gasteiger charge is -2.28. The van der Waals surface area contributed by atoms with Crippen molar-refractivity contribution in [2.24, 2.45) is 11.7 Å². The maximum absolute atomic E-state index is 5.64. The standard InChI is InChI=1S/C9H22N2/c1-8(2)5-6-9(3,7-10)11-4/h8,11H,5-7,10H2,1-4H3. The number of nitrogens with one attached hydrogen (secondary N) is 1. The minimum atomic E-state index is 0.143. The molecule has 0 bridgehead atoms. The molecule has 0 fully saturated rings. The zero-order valence-electron chi connectivity index (χ0n) is 8.28. The normalized spacial score (nSPS) is 16.9. The Labute approximate surface area is 70.5 Å². The van der Waals surface area contributed by atoms with Crippen LogP contribution in [0.4, 0.5) is 0 Å². The molecule has 0 aliphatic rings. The minimum Gasteiger partial charge on any atom is -0.329 e. The first-order chi connectivity index (χ1) is 5.04. The smallest absolute Gasteiger partial charge is 0.0273 e. The van der Waals surface area contributed by atoms with Gasteiger partial charge in [0.15, 0.2) is 0 Å². The van der Waals surface area contributed by atoms with E-state index in [0.29, 0.717) is 0 Å². The molecule has 0 amide bonds. The van der Waals surface area contributed by atoms with Gasteiger partial charge in [-0.1, -0.05) is 13.8 Å². The molecule has 0 aliphatic heterocycles. The van der Waals surface area contributed by atoms with E-state index >= 15 is 0 Å². The number of hydrogen-bond acceptors (Lipinski definition) is 2. The highest BCUT2D eigenvalue weighted by molar-refractivity contribution is 4.82. The average Bonchev–Trinajstić information content (AvgIpc) is 2.00. The first-order valence-corrected chi connectivity index (χ1v) is 4.43. The van der Waals surface area contributed by atoms with Crippen molar-refractivity contribution in [1.29, 1.82) is 0 Å². The zero-order valence-corrected chi connectivity index (χ0v) is 8.28. The van der Waals surface area contributed by atoms with Crippen molar-refractivity contribution in [3.05, 3.63) is 0 Å². The summed E-state index contributed by atoms with van der Waals surface area (Å²) < 4.78 is 0. The van der Waals surface area contributed by atoms with Crippen LogP contribution in [0.3, 0.4) is 0 Å². The van der Waals surface area contributed by atoms with Gasteiger partial charge in [-0.3, -0.25) is 0 Å². The van der Waals surface area contributed by atoms with Gasteiger partial charge in [-0.05, 0) is 32.7 Å². The fourth-order valence-corrected chi connectivity index (χ4v) is 0.936. The number of hydrogen-bond donors (Lipinski definition) is 2. The van der Waals surface area contributed by atoms with Gasteiger partial charge in [0, 0.05) is 12.1 Å². The minimum absolute atomic E-state index is 0.143. The van der Waals surface area contributed by atoms with Gasteiger partial charge in [0.1, 0.15) is 0 Å². The number of nitrogens with two attached hydrogens (primary N) is 1. The van der Waals surface area contributed by atoms with Crippen LogP contribution >= 0.6 is 0 Å². The Morgan fingerprint density at radius 3 is 2.27 bits per heavy atom. The van der Waals surface area contributed by atoms with Gasteiger partial charge in [-0.15, -0.1) is 0 Å². The molecule has 0 saturated heterocycles. The lowest BCUT2D eigenvalue weighted by atomic mass is 9.92. The SMILES string of the molecule is CNC(C)(CN)CCC(C)C. The van der Waals surface area contributed by atoms with E-state index in [1.54, 1.807) is 0 Å². The molecule has 0 aromatic carbocycles. The molecule has 0 rings (SSSR count). The molecular formula is C9H22N2. The Morgan fingerprint density at radius 2 is 2.00 bits per heavy atom. The molecule has 1 unspecified atom stereocenters. The summed E-state index contributed by atoms with van der Waals surface area (Å²) in [6.45, 7) is 7.38. The largest absolute Gasteiger partial charge is 0.329 e. The molecular weight excluding hydrogens is 136 g/mol. The van der Waals surface area contributed by atoms with E-state index in [-0.39, 0.29) is 5.54 Å². The van der Waals surface area contributed by atoms with Gasteiger partial charge >= 0.3 is 0 Å². The number of rotatable bonds is 5. The van der Waals surface area contributed by atoms with Crippen molar-refractivity contribution in [3.63, 3.8) is 0 Å². The number of likely N-dealkylation sites (N-methyl/N-ethyl adjacent to an activating group) is 1. The summed E-state index contributed by atoms with van der Waals surface area (Å²) in [5.41, 5.74) is 5.78. The van der Waals surface area contributed by atoms with Crippen LogP contribution in [0.25, 0.3) is 0 Å². The third-order valence-corrected chi connectivity index (χ3v) is 2.33. The average molecular weight is 158 g/mol. The maximum Gasteiger partial charge on any atom is 0.0273 e. The molecule has 3 N–H and O–H groups in total. The van der Waals surface area contributed by atoms with Crippen LogP contribution in [0.5, 0.6) is 0 Å².